The lowest BCUT2D eigenvalue weighted by Gasteiger charge is -2.09. The van der Waals surface area contributed by atoms with Gasteiger partial charge in [-0.1, -0.05) is 18.2 Å². The van der Waals surface area contributed by atoms with Gasteiger partial charge in [-0.05, 0) is 30.7 Å². The summed E-state index contributed by atoms with van der Waals surface area (Å²) in [6, 6.07) is 9.79. The normalized spacial score (nSPS) is 10.9. The van der Waals surface area contributed by atoms with Crippen LogP contribution in [0, 0.1) is 6.92 Å². The molecule has 7 heteroatoms. The third kappa shape index (κ3) is 2.71. The van der Waals surface area contributed by atoms with Crippen molar-refractivity contribution in [3.8, 4) is 11.5 Å². The quantitative estimate of drug-likeness (QED) is 0.562. The van der Waals surface area contributed by atoms with Gasteiger partial charge in [0.25, 0.3) is 0 Å². The van der Waals surface area contributed by atoms with Crippen molar-refractivity contribution >= 4 is 17.1 Å². The van der Waals surface area contributed by atoms with Crippen molar-refractivity contribution in [2.24, 2.45) is 0 Å². The van der Waals surface area contributed by atoms with Gasteiger partial charge in [0.1, 0.15) is 12.2 Å². The number of oxazole rings is 1. The van der Waals surface area contributed by atoms with E-state index in [1.54, 1.807) is 31.2 Å². The van der Waals surface area contributed by atoms with Crippen molar-refractivity contribution in [2.45, 2.75) is 13.5 Å². The summed E-state index contributed by atoms with van der Waals surface area (Å²) < 4.78 is 11.5. The predicted molar refractivity (Wildman–Crippen MR) is 85.3 cm³/mol. The first kappa shape index (κ1) is 15.7. The zero-order chi connectivity index (χ0) is 17.3. The molecule has 0 aliphatic rings. The maximum atomic E-state index is 12.0. The smallest absolute Gasteiger partial charge is 0.420 e. The molecule has 0 saturated heterocycles. The van der Waals surface area contributed by atoms with Gasteiger partial charge in [-0.3, -0.25) is 4.57 Å². The zero-order valence-electron chi connectivity index (χ0n) is 12.9. The molecule has 24 heavy (non-hydrogen) atoms. The van der Waals surface area contributed by atoms with E-state index in [1.165, 1.54) is 16.7 Å². The fraction of sp³-hybridized carbons (Fsp3) is 0.176. The summed E-state index contributed by atoms with van der Waals surface area (Å²) in [5, 5.41) is 19.4. The molecule has 0 atom stereocenters. The summed E-state index contributed by atoms with van der Waals surface area (Å²) in [5.41, 5.74) is 1.37. The molecule has 0 radical (unpaired) electrons. The first-order valence-corrected chi connectivity index (χ1v) is 7.26. The molecule has 0 saturated carbocycles. The van der Waals surface area contributed by atoms with Crippen molar-refractivity contribution in [2.75, 3.05) is 6.61 Å². The van der Waals surface area contributed by atoms with E-state index in [-0.39, 0.29) is 24.5 Å². The monoisotopic (exact) mass is 329 g/mol. The molecular weight excluding hydrogens is 314 g/mol. The van der Waals surface area contributed by atoms with Crippen LogP contribution in [-0.4, -0.2) is 27.4 Å². The molecule has 0 amide bonds. The van der Waals surface area contributed by atoms with Gasteiger partial charge >= 0.3 is 11.7 Å². The lowest BCUT2D eigenvalue weighted by Crippen LogP contribution is -2.19. The Kier molecular flexibility index (Phi) is 3.99. The van der Waals surface area contributed by atoms with Crippen LogP contribution in [0.2, 0.25) is 0 Å². The van der Waals surface area contributed by atoms with E-state index in [2.05, 4.69) is 0 Å². The fourth-order valence-electron chi connectivity index (χ4n) is 2.38. The molecule has 2 aromatic carbocycles. The molecule has 2 N–H and O–H groups in total. The summed E-state index contributed by atoms with van der Waals surface area (Å²) in [4.78, 5) is 23.8. The van der Waals surface area contributed by atoms with Crippen LogP contribution in [0.25, 0.3) is 11.1 Å². The number of phenolic OH excluding ortho intramolecular Hbond substituents is 2. The van der Waals surface area contributed by atoms with E-state index in [1.807, 2.05) is 0 Å². The van der Waals surface area contributed by atoms with E-state index in [4.69, 9.17) is 9.15 Å². The Bertz CT molecular complexity index is 969. The zero-order valence-corrected chi connectivity index (χ0v) is 12.9. The number of esters is 1. The summed E-state index contributed by atoms with van der Waals surface area (Å²) >= 11 is 0. The van der Waals surface area contributed by atoms with Gasteiger partial charge in [0.2, 0.25) is 0 Å². The van der Waals surface area contributed by atoms with Crippen LogP contribution in [0.4, 0.5) is 0 Å². The Balaban J connectivity index is 1.72. The molecule has 1 aromatic heterocycles. The second-order valence-electron chi connectivity index (χ2n) is 5.25. The third-order valence-corrected chi connectivity index (χ3v) is 3.69. The number of carbonyl (C=O) groups is 1. The van der Waals surface area contributed by atoms with Gasteiger partial charge in [-0.15, -0.1) is 0 Å². The van der Waals surface area contributed by atoms with Crippen molar-refractivity contribution in [3.63, 3.8) is 0 Å². The fourth-order valence-corrected chi connectivity index (χ4v) is 2.38. The van der Waals surface area contributed by atoms with Crippen molar-refractivity contribution < 1.29 is 24.2 Å². The summed E-state index contributed by atoms with van der Waals surface area (Å²) in [5.74, 6) is -2.21. The molecular formula is C17H15NO6. The Hall–Kier alpha value is -3.22. The lowest BCUT2D eigenvalue weighted by atomic mass is 10.1. The highest BCUT2D eigenvalue weighted by Crippen LogP contribution is 2.32. The Labute approximate surface area is 136 Å². The number of fused-ring (bicyclic) bond motifs is 1. The third-order valence-electron chi connectivity index (χ3n) is 3.69. The molecule has 0 aliphatic carbocycles. The Morgan fingerprint density at radius 2 is 1.92 bits per heavy atom. The number of benzene rings is 2. The number of carbonyl (C=O) groups excluding carboxylic acids is 1. The van der Waals surface area contributed by atoms with Gasteiger partial charge in [0.15, 0.2) is 17.1 Å². The van der Waals surface area contributed by atoms with E-state index in [0.29, 0.717) is 16.7 Å². The second kappa shape index (κ2) is 6.11. The number of rotatable bonds is 4. The van der Waals surface area contributed by atoms with Gasteiger partial charge < -0.3 is 19.4 Å². The highest BCUT2D eigenvalue weighted by Gasteiger charge is 2.17. The van der Waals surface area contributed by atoms with E-state index in [0.717, 1.165) is 0 Å². The number of aromatic hydroxyl groups is 2. The number of hydrogen-bond acceptors (Lipinski definition) is 6. The largest absolute Gasteiger partial charge is 0.504 e. The predicted octanol–water partition coefficient (Wildman–Crippen LogP) is 2.17. The van der Waals surface area contributed by atoms with Gasteiger partial charge in [0.05, 0.1) is 12.1 Å². The number of aromatic nitrogens is 1. The minimum absolute atomic E-state index is 0.0870. The topological polar surface area (TPSA) is 102 Å². The van der Waals surface area contributed by atoms with Crippen LogP contribution < -0.4 is 5.76 Å². The van der Waals surface area contributed by atoms with Crippen LogP contribution in [0.5, 0.6) is 11.5 Å². The van der Waals surface area contributed by atoms with Crippen LogP contribution in [0.3, 0.4) is 0 Å². The first-order chi connectivity index (χ1) is 11.5. The van der Waals surface area contributed by atoms with E-state index in [9.17, 15) is 19.8 Å². The van der Waals surface area contributed by atoms with Gasteiger partial charge in [-0.25, -0.2) is 9.59 Å². The average Bonchev–Trinajstić information content (AvgIpc) is 2.88. The molecule has 0 unspecified atom stereocenters. The summed E-state index contributed by atoms with van der Waals surface area (Å²) in [7, 11) is 0. The molecule has 3 rings (SSSR count). The Morgan fingerprint density at radius 3 is 2.71 bits per heavy atom. The minimum atomic E-state index is -0.788. The van der Waals surface area contributed by atoms with Gasteiger partial charge in [0, 0.05) is 0 Å². The highest BCUT2D eigenvalue weighted by molar-refractivity contribution is 5.93. The summed E-state index contributed by atoms with van der Waals surface area (Å²) in [6.45, 7) is 1.62. The average molecular weight is 329 g/mol. The van der Waals surface area contributed by atoms with Crippen molar-refractivity contribution in [3.05, 3.63) is 58.1 Å². The number of aryl methyl sites for hydroxylation is 1. The number of nitrogens with zero attached hydrogens (tertiary/aromatic N) is 1. The minimum Gasteiger partial charge on any atom is -0.504 e. The van der Waals surface area contributed by atoms with Crippen LogP contribution >= 0.6 is 0 Å². The van der Waals surface area contributed by atoms with Crippen molar-refractivity contribution in [1.29, 1.82) is 0 Å². The van der Waals surface area contributed by atoms with Crippen LogP contribution in [-0.2, 0) is 11.3 Å². The first-order valence-electron chi connectivity index (χ1n) is 7.26. The molecule has 0 spiro atoms. The molecule has 0 bridgehead atoms. The molecule has 1 heterocycles. The van der Waals surface area contributed by atoms with Crippen LogP contribution in [0.15, 0.2) is 45.6 Å². The Morgan fingerprint density at radius 1 is 1.17 bits per heavy atom. The van der Waals surface area contributed by atoms with Crippen molar-refractivity contribution in [1.82, 2.24) is 4.57 Å². The van der Waals surface area contributed by atoms with Crippen LogP contribution in [0.1, 0.15) is 15.9 Å². The number of hydrogen-bond donors (Lipinski definition) is 2. The number of phenols is 2. The lowest BCUT2D eigenvalue weighted by molar-refractivity contribution is 0.0486. The van der Waals surface area contributed by atoms with E-state index >= 15 is 0 Å². The molecule has 0 aliphatic heterocycles. The standard InChI is InChI=1S/C17H15NO6/c1-10-6-7-11(15(20)14(10)19)16(21)23-9-8-18-12-4-2-3-5-13(12)24-17(18)22/h2-7,19-20H,8-9H2,1H3. The summed E-state index contributed by atoms with van der Waals surface area (Å²) in [6.07, 6.45) is 0. The van der Waals surface area contributed by atoms with E-state index < -0.39 is 17.5 Å². The maximum absolute atomic E-state index is 12.0. The molecule has 0 fully saturated rings. The number of ether oxygens (including phenoxy) is 1. The molecule has 3 aromatic rings. The molecule has 7 nitrogen and oxygen atoms in total. The van der Waals surface area contributed by atoms with Gasteiger partial charge in [-0.2, -0.15) is 0 Å². The molecule has 124 valence electrons. The number of para-hydroxylation sites is 2. The second-order valence-corrected chi connectivity index (χ2v) is 5.25. The SMILES string of the molecule is Cc1ccc(C(=O)OCCn2c(=O)oc3ccccc32)c(O)c1O. The maximum Gasteiger partial charge on any atom is 0.420 e. The highest BCUT2D eigenvalue weighted by atomic mass is 16.5.